The number of amides is 1. The summed E-state index contributed by atoms with van der Waals surface area (Å²) < 4.78 is 0. The molecule has 3 aromatic rings. The number of pyridine rings is 1. The van der Waals surface area contributed by atoms with Gasteiger partial charge in [0, 0.05) is 24.0 Å². The predicted molar refractivity (Wildman–Crippen MR) is 77.8 cm³/mol. The lowest BCUT2D eigenvalue weighted by molar-refractivity contribution is 0.0939. The van der Waals surface area contributed by atoms with Crippen molar-refractivity contribution in [3.63, 3.8) is 0 Å². The second-order valence-electron chi connectivity index (χ2n) is 4.31. The van der Waals surface area contributed by atoms with E-state index < -0.39 is 5.91 Å². The molecule has 104 valence electrons. The van der Waals surface area contributed by atoms with Crippen molar-refractivity contribution < 1.29 is 4.79 Å². The molecule has 0 fully saturated rings. The molecular weight excluding hydrogens is 290 g/mol. The van der Waals surface area contributed by atoms with Gasteiger partial charge in [0.1, 0.15) is 5.52 Å². The smallest absolute Gasteiger partial charge is 0.291 e. The number of nitrogens with zero attached hydrogens (tertiary/aromatic N) is 4. The largest absolute Gasteiger partial charge is 0.345 e. The van der Waals surface area contributed by atoms with Crippen molar-refractivity contribution in [1.82, 2.24) is 25.5 Å². The number of halogens is 1. The zero-order chi connectivity index (χ0) is 14.7. The summed E-state index contributed by atoms with van der Waals surface area (Å²) in [4.78, 5) is 20.2. The van der Waals surface area contributed by atoms with Gasteiger partial charge < -0.3 is 5.32 Å². The molecule has 0 saturated heterocycles. The standard InChI is InChI=1S/C14H10ClN5O/c15-10-3-4-11-12(6-10)18-13(20-19-11)14(21)17-8-9-2-1-5-16-7-9/h1-7H,8H2,(H,17,21). The quantitative estimate of drug-likeness (QED) is 0.800. The van der Waals surface area contributed by atoms with Crippen LogP contribution in [0.3, 0.4) is 0 Å². The molecule has 3 rings (SSSR count). The molecule has 7 heteroatoms. The van der Waals surface area contributed by atoms with Gasteiger partial charge in [-0.05, 0) is 29.8 Å². The maximum Gasteiger partial charge on any atom is 0.291 e. The lowest BCUT2D eigenvalue weighted by Crippen LogP contribution is -2.25. The zero-order valence-electron chi connectivity index (χ0n) is 10.8. The molecule has 2 aromatic heterocycles. The zero-order valence-corrected chi connectivity index (χ0v) is 11.6. The van der Waals surface area contributed by atoms with Crippen LogP contribution in [0.1, 0.15) is 16.2 Å². The first-order valence-electron chi connectivity index (χ1n) is 6.19. The summed E-state index contributed by atoms with van der Waals surface area (Å²) in [6.07, 6.45) is 3.35. The number of carbonyl (C=O) groups is 1. The minimum atomic E-state index is -0.395. The normalized spacial score (nSPS) is 10.5. The van der Waals surface area contributed by atoms with Crippen LogP contribution in [0.2, 0.25) is 5.02 Å². The minimum absolute atomic E-state index is 0.00802. The van der Waals surface area contributed by atoms with E-state index in [1.807, 2.05) is 6.07 Å². The van der Waals surface area contributed by atoms with E-state index in [0.29, 0.717) is 22.6 Å². The third kappa shape index (κ3) is 3.11. The van der Waals surface area contributed by atoms with Crippen molar-refractivity contribution >= 4 is 28.5 Å². The Kier molecular flexibility index (Phi) is 3.70. The van der Waals surface area contributed by atoms with Gasteiger partial charge in [-0.25, -0.2) is 4.98 Å². The molecule has 0 atom stereocenters. The van der Waals surface area contributed by atoms with Crippen LogP contribution in [-0.2, 0) is 6.54 Å². The Morgan fingerprint density at radius 1 is 1.19 bits per heavy atom. The lowest BCUT2D eigenvalue weighted by atomic mass is 10.3. The summed E-state index contributed by atoms with van der Waals surface area (Å²) in [6, 6.07) is 8.71. The molecule has 2 heterocycles. The summed E-state index contributed by atoms with van der Waals surface area (Å²) in [5, 5.41) is 11.0. The maximum atomic E-state index is 12.0. The van der Waals surface area contributed by atoms with Gasteiger partial charge in [-0.1, -0.05) is 17.7 Å². The fourth-order valence-corrected chi connectivity index (χ4v) is 1.94. The van der Waals surface area contributed by atoms with Crippen LogP contribution in [-0.4, -0.2) is 26.1 Å². The Balaban J connectivity index is 1.78. The fraction of sp³-hybridized carbons (Fsp3) is 0.0714. The molecule has 0 unspecified atom stereocenters. The summed E-state index contributed by atoms with van der Waals surface area (Å²) in [6.45, 7) is 0.351. The lowest BCUT2D eigenvalue weighted by Gasteiger charge is -2.04. The molecule has 1 amide bonds. The van der Waals surface area contributed by atoms with E-state index in [1.54, 1.807) is 36.7 Å². The second kappa shape index (κ2) is 5.80. The van der Waals surface area contributed by atoms with Gasteiger partial charge in [0.05, 0.1) is 5.52 Å². The van der Waals surface area contributed by atoms with Gasteiger partial charge in [0.15, 0.2) is 0 Å². The molecule has 0 aliphatic carbocycles. The highest BCUT2D eigenvalue weighted by molar-refractivity contribution is 6.31. The average Bonchev–Trinajstić information content (AvgIpc) is 2.53. The Morgan fingerprint density at radius 2 is 2.10 bits per heavy atom. The predicted octanol–water partition coefficient (Wildman–Crippen LogP) is 2.00. The van der Waals surface area contributed by atoms with Gasteiger partial charge in [-0.15, -0.1) is 10.2 Å². The van der Waals surface area contributed by atoms with E-state index in [4.69, 9.17) is 11.6 Å². The fourth-order valence-electron chi connectivity index (χ4n) is 1.77. The highest BCUT2D eigenvalue weighted by atomic mass is 35.5. The SMILES string of the molecule is O=C(NCc1cccnc1)c1nnc2ccc(Cl)cc2n1. The highest BCUT2D eigenvalue weighted by Crippen LogP contribution is 2.15. The van der Waals surface area contributed by atoms with Crippen molar-refractivity contribution in [3.8, 4) is 0 Å². The average molecular weight is 300 g/mol. The molecule has 0 bridgehead atoms. The van der Waals surface area contributed by atoms with Gasteiger partial charge in [0.25, 0.3) is 5.91 Å². The van der Waals surface area contributed by atoms with Gasteiger partial charge in [0.2, 0.25) is 5.82 Å². The minimum Gasteiger partial charge on any atom is -0.345 e. The number of hydrogen-bond donors (Lipinski definition) is 1. The third-order valence-electron chi connectivity index (χ3n) is 2.80. The molecule has 0 aliphatic heterocycles. The summed E-state index contributed by atoms with van der Waals surface area (Å²) in [7, 11) is 0. The van der Waals surface area contributed by atoms with E-state index in [0.717, 1.165) is 5.56 Å². The molecular formula is C14H10ClN5O. The number of aromatic nitrogens is 4. The van der Waals surface area contributed by atoms with E-state index >= 15 is 0 Å². The Hall–Kier alpha value is -2.60. The number of benzene rings is 1. The maximum absolute atomic E-state index is 12.0. The van der Waals surface area contributed by atoms with E-state index in [1.165, 1.54) is 0 Å². The van der Waals surface area contributed by atoms with Crippen molar-refractivity contribution in [2.75, 3.05) is 0 Å². The van der Waals surface area contributed by atoms with Crippen LogP contribution in [0, 0.1) is 0 Å². The van der Waals surface area contributed by atoms with Gasteiger partial charge in [-0.2, -0.15) is 0 Å². The van der Waals surface area contributed by atoms with Crippen molar-refractivity contribution in [3.05, 3.63) is 59.1 Å². The molecule has 1 N–H and O–H groups in total. The molecule has 0 aliphatic rings. The van der Waals surface area contributed by atoms with Crippen LogP contribution in [0.15, 0.2) is 42.7 Å². The Bertz CT molecular complexity index is 794. The number of rotatable bonds is 3. The van der Waals surface area contributed by atoms with Crippen LogP contribution in [0.4, 0.5) is 0 Å². The molecule has 6 nitrogen and oxygen atoms in total. The number of fused-ring (bicyclic) bond motifs is 1. The van der Waals surface area contributed by atoms with Gasteiger partial charge in [-0.3, -0.25) is 9.78 Å². The Morgan fingerprint density at radius 3 is 2.90 bits per heavy atom. The third-order valence-corrected chi connectivity index (χ3v) is 3.03. The van der Waals surface area contributed by atoms with E-state index in [2.05, 4.69) is 25.5 Å². The van der Waals surface area contributed by atoms with Crippen LogP contribution >= 0.6 is 11.6 Å². The summed E-state index contributed by atoms with van der Waals surface area (Å²) in [5.74, 6) is -0.387. The number of nitrogens with one attached hydrogen (secondary N) is 1. The van der Waals surface area contributed by atoms with Crippen molar-refractivity contribution in [2.24, 2.45) is 0 Å². The first-order valence-corrected chi connectivity index (χ1v) is 6.57. The summed E-state index contributed by atoms with van der Waals surface area (Å²) >= 11 is 5.90. The molecule has 0 spiro atoms. The number of carbonyl (C=O) groups excluding carboxylic acids is 1. The van der Waals surface area contributed by atoms with Crippen molar-refractivity contribution in [2.45, 2.75) is 6.54 Å². The van der Waals surface area contributed by atoms with Crippen LogP contribution in [0.5, 0.6) is 0 Å². The molecule has 21 heavy (non-hydrogen) atoms. The highest BCUT2D eigenvalue weighted by Gasteiger charge is 2.11. The van der Waals surface area contributed by atoms with Crippen molar-refractivity contribution in [1.29, 1.82) is 0 Å². The van der Waals surface area contributed by atoms with Gasteiger partial charge >= 0.3 is 0 Å². The van der Waals surface area contributed by atoms with Crippen LogP contribution in [0.25, 0.3) is 11.0 Å². The van der Waals surface area contributed by atoms with E-state index in [9.17, 15) is 4.79 Å². The monoisotopic (exact) mass is 299 g/mol. The number of hydrogen-bond acceptors (Lipinski definition) is 5. The second-order valence-corrected chi connectivity index (χ2v) is 4.75. The first-order chi connectivity index (χ1) is 10.2. The topological polar surface area (TPSA) is 80.7 Å². The molecule has 0 saturated carbocycles. The first kappa shape index (κ1) is 13.4. The van der Waals surface area contributed by atoms with Crippen LogP contribution < -0.4 is 5.32 Å². The summed E-state index contributed by atoms with van der Waals surface area (Å²) in [5.41, 5.74) is 2.01. The van der Waals surface area contributed by atoms with E-state index in [-0.39, 0.29) is 5.82 Å². The molecule has 0 radical (unpaired) electrons. The Labute approximate surface area is 125 Å². The molecule has 1 aromatic carbocycles.